The van der Waals surface area contributed by atoms with Crippen LogP contribution in [0.2, 0.25) is 5.02 Å². The lowest BCUT2D eigenvalue weighted by molar-refractivity contribution is 0.107. The third-order valence-electron chi connectivity index (χ3n) is 6.01. The lowest BCUT2D eigenvalue weighted by Crippen LogP contribution is -2.50. The minimum atomic E-state index is 0.382. The Morgan fingerprint density at radius 2 is 2.10 bits per heavy atom. The van der Waals surface area contributed by atoms with Crippen LogP contribution in [0.15, 0.2) is 0 Å². The van der Waals surface area contributed by atoms with Gasteiger partial charge in [-0.15, -0.1) is 0 Å². The first-order chi connectivity index (χ1) is 9.25. The van der Waals surface area contributed by atoms with E-state index in [4.69, 9.17) is 11.6 Å². The van der Waals surface area contributed by atoms with Crippen molar-refractivity contribution in [2.24, 2.45) is 23.8 Å². The summed E-state index contributed by atoms with van der Waals surface area (Å²) >= 11 is 6.36. The van der Waals surface area contributed by atoms with Gasteiger partial charge in [-0.3, -0.25) is 4.68 Å². The predicted molar refractivity (Wildman–Crippen MR) is 82.8 cm³/mol. The van der Waals surface area contributed by atoms with Crippen molar-refractivity contribution in [2.45, 2.75) is 59.5 Å². The van der Waals surface area contributed by atoms with Gasteiger partial charge in [0, 0.05) is 19.6 Å². The molecule has 0 amide bonds. The van der Waals surface area contributed by atoms with Crippen LogP contribution in [0.1, 0.15) is 51.4 Å². The molecule has 20 heavy (non-hydrogen) atoms. The Hall–Kier alpha value is -0.540. The second kappa shape index (κ2) is 4.48. The molecule has 3 rings (SSSR count). The standard InChI is InChI=1S/C16H26ClN3/c1-10-13(17)12(20(5)19-10)9-18-14-15(2,3)11-6-7-16(14,4)8-11/h11,14,18H,6-9H2,1-5H3. The number of rotatable bonds is 3. The summed E-state index contributed by atoms with van der Waals surface area (Å²) in [6, 6.07) is 0.569. The van der Waals surface area contributed by atoms with Crippen LogP contribution in [0, 0.1) is 23.7 Å². The van der Waals surface area contributed by atoms with Crippen molar-refractivity contribution in [1.29, 1.82) is 0 Å². The van der Waals surface area contributed by atoms with E-state index in [0.717, 1.165) is 28.9 Å². The van der Waals surface area contributed by atoms with Crippen LogP contribution in [-0.2, 0) is 13.6 Å². The lowest BCUT2D eigenvalue weighted by Gasteiger charge is -2.43. The number of nitrogens with zero attached hydrogens (tertiary/aromatic N) is 2. The second-order valence-electron chi connectivity index (χ2n) is 7.70. The quantitative estimate of drug-likeness (QED) is 0.922. The molecule has 0 aliphatic heterocycles. The van der Waals surface area contributed by atoms with E-state index >= 15 is 0 Å². The van der Waals surface area contributed by atoms with Crippen molar-refractivity contribution in [2.75, 3.05) is 0 Å². The Bertz CT molecular complexity index is 529. The average Bonchev–Trinajstić information content (AvgIpc) is 2.91. The number of aromatic nitrogens is 2. The van der Waals surface area contributed by atoms with Gasteiger partial charge in [0.25, 0.3) is 0 Å². The highest BCUT2D eigenvalue weighted by Gasteiger charge is 2.58. The van der Waals surface area contributed by atoms with Crippen molar-refractivity contribution in [3.05, 3.63) is 16.4 Å². The van der Waals surface area contributed by atoms with Crippen LogP contribution in [0.5, 0.6) is 0 Å². The van der Waals surface area contributed by atoms with Gasteiger partial charge < -0.3 is 5.32 Å². The number of fused-ring (bicyclic) bond motifs is 2. The van der Waals surface area contributed by atoms with Crippen LogP contribution in [0.3, 0.4) is 0 Å². The molecule has 3 unspecified atom stereocenters. The molecule has 1 N–H and O–H groups in total. The summed E-state index contributed by atoms with van der Waals surface area (Å²) in [5, 5.41) is 9.02. The third-order valence-corrected chi connectivity index (χ3v) is 6.50. The van der Waals surface area contributed by atoms with Crippen molar-refractivity contribution in [3.8, 4) is 0 Å². The van der Waals surface area contributed by atoms with Gasteiger partial charge >= 0.3 is 0 Å². The molecule has 0 aromatic carbocycles. The molecule has 2 aliphatic rings. The Labute approximate surface area is 127 Å². The van der Waals surface area contributed by atoms with Crippen molar-refractivity contribution in [1.82, 2.24) is 15.1 Å². The zero-order valence-electron chi connectivity index (χ0n) is 13.3. The monoisotopic (exact) mass is 295 g/mol. The van der Waals surface area contributed by atoms with Gasteiger partial charge in [0.05, 0.1) is 16.4 Å². The van der Waals surface area contributed by atoms with E-state index in [2.05, 4.69) is 31.2 Å². The summed E-state index contributed by atoms with van der Waals surface area (Å²) in [6.07, 6.45) is 4.12. The van der Waals surface area contributed by atoms with E-state index in [1.54, 1.807) is 0 Å². The van der Waals surface area contributed by atoms with Gasteiger partial charge in [0.1, 0.15) is 0 Å². The lowest BCUT2D eigenvalue weighted by atomic mass is 9.68. The Kier molecular flexibility index (Phi) is 3.22. The van der Waals surface area contributed by atoms with Gasteiger partial charge in [-0.2, -0.15) is 5.10 Å². The van der Waals surface area contributed by atoms with Crippen LogP contribution < -0.4 is 5.32 Å². The first-order valence-corrected chi connectivity index (χ1v) is 8.05. The van der Waals surface area contributed by atoms with Crippen molar-refractivity contribution >= 4 is 11.6 Å². The van der Waals surface area contributed by atoms with E-state index in [0.29, 0.717) is 16.9 Å². The van der Waals surface area contributed by atoms with Gasteiger partial charge in [0.15, 0.2) is 0 Å². The SMILES string of the molecule is Cc1nn(C)c(CNC2C3(C)CCC(C3)C2(C)C)c1Cl. The van der Waals surface area contributed by atoms with Crippen molar-refractivity contribution in [3.63, 3.8) is 0 Å². The highest BCUT2D eigenvalue weighted by Crippen LogP contribution is 2.62. The number of hydrogen-bond donors (Lipinski definition) is 1. The summed E-state index contributed by atoms with van der Waals surface area (Å²) in [4.78, 5) is 0. The Morgan fingerprint density at radius 3 is 2.60 bits per heavy atom. The van der Waals surface area contributed by atoms with Crippen LogP contribution in [-0.4, -0.2) is 15.8 Å². The number of nitrogens with one attached hydrogen (secondary N) is 1. The maximum absolute atomic E-state index is 6.36. The normalized spacial score (nSPS) is 34.9. The van der Waals surface area contributed by atoms with E-state index in [1.165, 1.54) is 19.3 Å². The second-order valence-corrected chi connectivity index (χ2v) is 8.08. The summed E-state index contributed by atoms with van der Waals surface area (Å²) in [6.45, 7) is 10.1. The smallest absolute Gasteiger partial charge is 0.0860 e. The van der Waals surface area contributed by atoms with Gasteiger partial charge in [0.2, 0.25) is 0 Å². The fraction of sp³-hybridized carbons (Fsp3) is 0.812. The minimum Gasteiger partial charge on any atom is -0.307 e. The van der Waals surface area contributed by atoms with E-state index < -0.39 is 0 Å². The fourth-order valence-corrected chi connectivity index (χ4v) is 5.11. The van der Waals surface area contributed by atoms with Gasteiger partial charge in [-0.05, 0) is 42.9 Å². The molecule has 0 saturated heterocycles. The molecule has 3 nitrogen and oxygen atoms in total. The summed E-state index contributed by atoms with van der Waals surface area (Å²) in [5.41, 5.74) is 2.86. The summed E-state index contributed by atoms with van der Waals surface area (Å²) < 4.78 is 1.91. The molecule has 1 heterocycles. The molecular weight excluding hydrogens is 270 g/mol. The molecule has 0 spiro atoms. The summed E-state index contributed by atoms with van der Waals surface area (Å²) in [7, 11) is 1.98. The molecular formula is C16H26ClN3. The van der Waals surface area contributed by atoms with Crippen LogP contribution in [0.25, 0.3) is 0 Å². The molecule has 2 aliphatic carbocycles. The molecule has 3 atom stereocenters. The number of hydrogen-bond acceptors (Lipinski definition) is 2. The molecule has 2 fully saturated rings. The van der Waals surface area contributed by atoms with E-state index in [9.17, 15) is 0 Å². The van der Waals surface area contributed by atoms with Crippen molar-refractivity contribution < 1.29 is 0 Å². The Balaban J connectivity index is 1.78. The zero-order chi connectivity index (χ0) is 14.7. The maximum Gasteiger partial charge on any atom is 0.0860 e. The van der Waals surface area contributed by atoms with Gasteiger partial charge in [-0.1, -0.05) is 32.4 Å². The third kappa shape index (κ3) is 1.93. The molecule has 2 saturated carbocycles. The molecule has 0 radical (unpaired) electrons. The highest BCUT2D eigenvalue weighted by atomic mass is 35.5. The number of aryl methyl sites for hydroxylation is 2. The maximum atomic E-state index is 6.36. The largest absolute Gasteiger partial charge is 0.307 e. The molecule has 4 heteroatoms. The molecule has 112 valence electrons. The van der Waals surface area contributed by atoms with E-state index in [-0.39, 0.29) is 0 Å². The molecule has 1 aromatic heterocycles. The van der Waals surface area contributed by atoms with Crippen LogP contribution >= 0.6 is 11.6 Å². The highest BCUT2D eigenvalue weighted by molar-refractivity contribution is 6.31. The van der Waals surface area contributed by atoms with Crippen LogP contribution in [0.4, 0.5) is 0 Å². The topological polar surface area (TPSA) is 29.9 Å². The predicted octanol–water partition coefficient (Wildman–Crippen LogP) is 3.69. The first kappa shape index (κ1) is 14.4. The Morgan fingerprint density at radius 1 is 1.40 bits per heavy atom. The average molecular weight is 296 g/mol. The molecule has 2 bridgehead atoms. The van der Waals surface area contributed by atoms with E-state index in [1.807, 2.05) is 18.7 Å². The fourth-order valence-electron chi connectivity index (χ4n) is 4.88. The minimum absolute atomic E-state index is 0.382. The summed E-state index contributed by atoms with van der Waals surface area (Å²) in [5.74, 6) is 0.869. The first-order valence-electron chi connectivity index (χ1n) is 7.67. The zero-order valence-corrected chi connectivity index (χ0v) is 14.0. The number of halogens is 1. The van der Waals surface area contributed by atoms with Gasteiger partial charge in [-0.25, -0.2) is 0 Å². The molecule has 1 aromatic rings.